The normalized spacial score (nSPS) is 27.2. The van der Waals surface area contributed by atoms with Crippen molar-refractivity contribution in [3.63, 3.8) is 0 Å². The standard InChI is InChI=1S/C8H13N/c1-2-4-8-5-3-6-9-7-8/h1,8-9H,3-7H2. The predicted octanol–water partition coefficient (Wildman–Crippen LogP) is 1.01. The Labute approximate surface area is 56.8 Å². The van der Waals surface area contributed by atoms with Crippen LogP contribution in [0.2, 0.25) is 0 Å². The van der Waals surface area contributed by atoms with Crippen LogP contribution in [0.4, 0.5) is 0 Å². The van der Waals surface area contributed by atoms with Gasteiger partial charge in [-0.25, -0.2) is 0 Å². The minimum Gasteiger partial charge on any atom is -0.316 e. The highest BCUT2D eigenvalue weighted by Crippen LogP contribution is 2.12. The first-order valence-electron chi connectivity index (χ1n) is 3.57. The third-order valence-electron chi connectivity index (χ3n) is 1.81. The van der Waals surface area contributed by atoms with Crippen molar-refractivity contribution in [1.29, 1.82) is 0 Å². The zero-order chi connectivity index (χ0) is 6.53. The highest BCUT2D eigenvalue weighted by atomic mass is 14.9. The summed E-state index contributed by atoms with van der Waals surface area (Å²) < 4.78 is 0. The molecule has 1 aliphatic heterocycles. The fourth-order valence-corrected chi connectivity index (χ4v) is 1.26. The van der Waals surface area contributed by atoms with Crippen molar-refractivity contribution in [3.05, 3.63) is 0 Å². The first-order valence-corrected chi connectivity index (χ1v) is 3.57. The van der Waals surface area contributed by atoms with E-state index < -0.39 is 0 Å². The van der Waals surface area contributed by atoms with Gasteiger partial charge >= 0.3 is 0 Å². The minimum absolute atomic E-state index is 0.753. The van der Waals surface area contributed by atoms with Crippen molar-refractivity contribution in [2.45, 2.75) is 19.3 Å². The van der Waals surface area contributed by atoms with Crippen LogP contribution in [0.25, 0.3) is 0 Å². The number of hydrogen-bond donors (Lipinski definition) is 1. The van der Waals surface area contributed by atoms with Gasteiger partial charge in [-0.3, -0.25) is 0 Å². The van der Waals surface area contributed by atoms with Gasteiger partial charge < -0.3 is 5.32 Å². The van der Waals surface area contributed by atoms with E-state index in [1.807, 2.05) is 0 Å². The summed E-state index contributed by atoms with van der Waals surface area (Å²) in [6.07, 6.45) is 8.75. The lowest BCUT2D eigenvalue weighted by Crippen LogP contribution is -2.29. The molecule has 1 N–H and O–H groups in total. The molecule has 1 aliphatic rings. The van der Waals surface area contributed by atoms with Gasteiger partial charge in [-0.2, -0.15) is 0 Å². The molecule has 50 valence electrons. The molecule has 0 aliphatic carbocycles. The summed E-state index contributed by atoms with van der Waals surface area (Å²) >= 11 is 0. The monoisotopic (exact) mass is 123 g/mol. The summed E-state index contributed by atoms with van der Waals surface area (Å²) in [6, 6.07) is 0. The van der Waals surface area contributed by atoms with Crippen LogP contribution in [0.1, 0.15) is 19.3 Å². The minimum atomic E-state index is 0.753. The Bertz CT molecular complexity index is 106. The molecule has 0 saturated carbocycles. The van der Waals surface area contributed by atoms with Crippen LogP contribution >= 0.6 is 0 Å². The summed E-state index contributed by atoms with van der Waals surface area (Å²) in [7, 11) is 0. The van der Waals surface area contributed by atoms with Gasteiger partial charge in [-0.05, 0) is 31.8 Å². The molecular formula is C8H13N. The van der Waals surface area contributed by atoms with Crippen LogP contribution in [0.5, 0.6) is 0 Å². The van der Waals surface area contributed by atoms with Gasteiger partial charge in [-0.1, -0.05) is 0 Å². The molecule has 0 aromatic heterocycles. The van der Waals surface area contributed by atoms with Gasteiger partial charge in [0, 0.05) is 6.42 Å². The number of rotatable bonds is 1. The van der Waals surface area contributed by atoms with Crippen molar-refractivity contribution in [2.24, 2.45) is 5.92 Å². The largest absolute Gasteiger partial charge is 0.316 e. The molecule has 1 atom stereocenters. The van der Waals surface area contributed by atoms with E-state index in [0.29, 0.717) is 0 Å². The summed E-state index contributed by atoms with van der Waals surface area (Å²) in [5.41, 5.74) is 0. The third-order valence-corrected chi connectivity index (χ3v) is 1.81. The number of hydrogen-bond acceptors (Lipinski definition) is 1. The van der Waals surface area contributed by atoms with Gasteiger partial charge in [-0.15, -0.1) is 12.3 Å². The lowest BCUT2D eigenvalue weighted by Gasteiger charge is -2.20. The molecule has 1 saturated heterocycles. The van der Waals surface area contributed by atoms with E-state index >= 15 is 0 Å². The highest BCUT2D eigenvalue weighted by Gasteiger charge is 2.10. The molecule has 0 spiro atoms. The fraction of sp³-hybridized carbons (Fsp3) is 0.750. The van der Waals surface area contributed by atoms with Crippen molar-refractivity contribution in [2.75, 3.05) is 13.1 Å². The van der Waals surface area contributed by atoms with Crippen LogP contribution in [0.15, 0.2) is 0 Å². The van der Waals surface area contributed by atoms with Crippen LogP contribution in [0.3, 0.4) is 0 Å². The molecule has 0 amide bonds. The van der Waals surface area contributed by atoms with E-state index in [4.69, 9.17) is 6.42 Å². The Balaban J connectivity index is 2.17. The molecule has 0 radical (unpaired) electrons. The molecule has 0 bridgehead atoms. The third kappa shape index (κ3) is 2.07. The maximum Gasteiger partial charge on any atom is 0.0126 e. The number of terminal acetylenes is 1. The molecule has 1 fully saturated rings. The van der Waals surface area contributed by atoms with E-state index in [1.54, 1.807) is 0 Å². The smallest absolute Gasteiger partial charge is 0.0126 e. The highest BCUT2D eigenvalue weighted by molar-refractivity contribution is 4.88. The van der Waals surface area contributed by atoms with E-state index in [0.717, 1.165) is 18.9 Å². The first-order chi connectivity index (χ1) is 4.43. The van der Waals surface area contributed by atoms with Gasteiger partial charge in [0.15, 0.2) is 0 Å². The maximum atomic E-state index is 5.18. The van der Waals surface area contributed by atoms with Crippen LogP contribution in [0, 0.1) is 18.3 Å². The number of nitrogens with one attached hydrogen (secondary N) is 1. The van der Waals surface area contributed by atoms with Gasteiger partial charge in [0.05, 0.1) is 0 Å². The van der Waals surface area contributed by atoms with E-state index in [1.165, 1.54) is 19.4 Å². The van der Waals surface area contributed by atoms with Gasteiger partial charge in [0.2, 0.25) is 0 Å². The fourth-order valence-electron chi connectivity index (χ4n) is 1.26. The average Bonchev–Trinajstić information content (AvgIpc) is 1.91. The second-order valence-corrected chi connectivity index (χ2v) is 2.62. The molecule has 9 heavy (non-hydrogen) atoms. The maximum absolute atomic E-state index is 5.18. The Morgan fingerprint density at radius 3 is 3.11 bits per heavy atom. The van der Waals surface area contributed by atoms with Crippen molar-refractivity contribution < 1.29 is 0 Å². The molecule has 1 heterocycles. The van der Waals surface area contributed by atoms with Crippen molar-refractivity contribution in [1.82, 2.24) is 5.32 Å². The van der Waals surface area contributed by atoms with Crippen LogP contribution in [-0.4, -0.2) is 13.1 Å². The summed E-state index contributed by atoms with van der Waals surface area (Å²) in [6.45, 7) is 2.31. The van der Waals surface area contributed by atoms with E-state index in [9.17, 15) is 0 Å². The first kappa shape index (κ1) is 6.64. The summed E-state index contributed by atoms with van der Waals surface area (Å²) in [4.78, 5) is 0. The quantitative estimate of drug-likeness (QED) is 0.513. The molecule has 1 rings (SSSR count). The summed E-state index contributed by atoms with van der Waals surface area (Å²) in [5, 5.41) is 3.32. The van der Waals surface area contributed by atoms with Crippen molar-refractivity contribution in [3.8, 4) is 12.3 Å². The Morgan fingerprint density at radius 2 is 2.56 bits per heavy atom. The molecule has 1 nitrogen and oxygen atoms in total. The Morgan fingerprint density at radius 1 is 1.67 bits per heavy atom. The lowest BCUT2D eigenvalue weighted by atomic mass is 9.97. The molecule has 1 heteroatoms. The lowest BCUT2D eigenvalue weighted by molar-refractivity contribution is 0.384. The summed E-state index contributed by atoms with van der Waals surface area (Å²) in [5.74, 6) is 3.45. The second-order valence-electron chi connectivity index (χ2n) is 2.62. The Hall–Kier alpha value is -0.480. The van der Waals surface area contributed by atoms with Crippen LogP contribution in [-0.2, 0) is 0 Å². The van der Waals surface area contributed by atoms with Crippen molar-refractivity contribution >= 4 is 0 Å². The number of piperidine rings is 1. The molecular weight excluding hydrogens is 110 g/mol. The molecule has 1 unspecified atom stereocenters. The van der Waals surface area contributed by atoms with Crippen LogP contribution < -0.4 is 5.32 Å². The van der Waals surface area contributed by atoms with E-state index in [2.05, 4.69) is 11.2 Å². The van der Waals surface area contributed by atoms with E-state index in [-0.39, 0.29) is 0 Å². The second kappa shape index (κ2) is 3.53. The zero-order valence-corrected chi connectivity index (χ0v) is 5.69. The Kier molecular flexibility index (Phi) is 2.60. The SMILES string of the molecule is C#CCC1CCCNC1. The molecule has 0 aromatic carbocycles. The topological polar surface area (TPSA) is 12.0 Å². The zero-order valence-electron chi connectivity index (χ0n) is 5.69. The predicted molar refractivity (Wildman–Crippen MR) is 39.0 cm³/mol. The average molecular weight is 123 g/mol. The molecule has 0 aromatic rings. The van der Waals surface area contributed by atoms with Gasteiger partial charge in [0.1, 0.15) is 0 Å². The van der Waals surface area contributed by atoms with Gasteiger partial charge in [0.25, 0.3) is 0 Å².